The van der Waals surface area contributed by atoms with Crippen LogP contribution in [0.3, 0.4) is 0 Å². The number of pyridine rings is 1. The number of esters is 1. The molecule has 0 bridgehead atoms. The molecule has 1 aliphatic rings. The van der Waals surface area contributed by atoms with Gasteiger partial charge >= 0.3 is 5.97 Å². The summed E-state index contributed by atoms with van der Waals surface area (Å²) in [5.74, 6) is -0.516. The minimum atomic E-state index is -0.915. The van der Waals surface area contributed by atoms with Crippen molar-refractivity contribution in [2.24, 2.45) is 0 Å². The molecule has 0 N–H and O–H groups in total. The molecule has 0 saturated carbocycles. The number of fused-ring (bicyclic) bond motifs is 1. The standard InChI is InChI=1S/C16H12Cl2N2O4/c1-23-16(22)12-8-20(10-4-2-3-5-11(10)24-12)15(21)9-6-13(17)19-14(18)7-9/h2-7,12H,8H2,1H3. The number of ether oxygens (including phenoxy) is 2. The van der Waals surface area contributed by atoms with Crippen molar-refractivity contribution in [2.75, 3.05) is 18.6 Å². The van der Waals surface area contributed by atoms with E-state index in [0.29, 0.717) is 11.4 Å². The van der Waals surface area contributed by atoms with Gasteiger partial charge in [-0.05, 0) is 24.3 Å². The molecule has 1 unspecified atom stereocenters. The molecule has 0 aliphatic carbocycles. The molecule has 0 saturated heterocycles. The van der Waals surface area contributed by atoms with Crippen LogP contribution in [0.4, 0.5) is 5.69 Å². The summed E-state index contributed by atoms with van der Waals surface area (Å²) in [4.78, 5) is 30.0. The first-order chi connectivity index (χ1) is 11.5. The molecule has 1 atom stereocenters. The molecule has 2 aromatic rings. The van der Waals surface area contributed by atoms with Gasteiger partial charge in [0.05, 0.1) is 19.3 Å². The summed E-state index contributed by atoms with van der Waals surface area (Å²) in [6, 6.07) is 9.76. The predicted octanol–water partition coefficient (Wildman–Crippen LogP) is 2.97. The van der Waals surface area contributed by atoms with Crippen molar-refractivity contribution in [2.45, 2.75) is 6.10 Å². The fourth-order valence-corrected chi connectivity index (χ4v) is 2.89. The monoisotopic (exact) mass is 366 g/mol. The first-order valence-corrected chi connectivity index (χ1v) is 7.73. The molecule has 24 heavy (non-hydrogen) atoms. The molecule has 6 nitrogen and oxygen atoms in total. The molecule has 1 aromatic carbocycles. The lowest BCUT2D eigenvalue weighted by molar-refractivity contribution is -0.148. The number of carbonyl (C=O) groups is 2. The minimum Gasteiger partial charge on any atom is -0.475 e. The zero-order chi connectivity index (χ0) is 17.3. The third-order valence-electron chi connectivity index (χ3n) is 3.49. The Morgan fingerprint density at radius 2 is 1.92 bits per heavy atom. The maximum absolute atomic E-state index is 12.9. The Morgan fingerprint density at radius 1 is 1.25 bits per heavy atom. The van der Waals surface area contributed by atoms with Gasteiger partial charge in [0.2, 0.25) is 6.10 Å². The normalized spacial score (nSPS) is 16.1. The van der Waals surface area contributed by atoms with Crippen LogP contribution in [0.2, 0.25) is 10.3 Å². The van der Waals surface area contributed by atoms with E-state index in [0.717, 1.165) is 0 Å². The van der Waals surface area contributed by atoms with E-state index < -0.39 is 12.1 Å². The first kappa shape index (κ1) is 16.5. The van der Waals surface area contributed by atoms with E-state index in [4.69, 9.17) is 32.7 Å². The van der Waals surface area contributed by atoms with Crippen LogP contribution in [-0.4, -0.2) is 36.6 Å². The Kier molecular flexibility index (Phi) is 4.59. The van der Waals surface area contributed by atoms with Gasteiger partial charge in [-0.15, -0.1) is 0 Å². The number of hydrogen-bond acceptors (Lipinski definition) is 5. The SMILES string of the molecule is COC(=O)C1CN(C(=O)c2cc(Cl)nc(Cl)c2)c2ccccc2O1. The van der Waals surface area contributed by atoms with Gasteiger partial charge in [0, 0.05) is 5.56 Å². The van der Waals surface area contributed by atoms with Gasteiger partial charge in [-0.1, -0.05) is 35.3 Å². The van der Waals surface area contributed by atoms with E-state index in [1.165, 1.54) is 24.1 Å². The average molecular weight is 367 g/mol. The van der Waals surface area contributed by atoms with Crippen LogP contribution in [-0.2, 0) is 9.53 Å². The smallest absolute Gasteiger partial charge is 0.348 e. The lowest BCUT2D eigenvalue weighted by Crippen LogP contribution is -2.47. The van der Waals surface area contributed by atoms with Crippen molar-refractivity contribution in [3.63, 3.8) is 0 Å². The molecule has 1 aliphatic heterocycles. The number of para-hydroxylation sites is 2. The quantitative estimate of drug-likeness (QED) is 0.603. The van der Waals surface area contributed by atoms with Crippen LogP contribution in [0.5, 0.6) is 5.75 Å². The van der Waals surface area contributed by atoms with Crippen LogP contribution in [0.1, 0.15) is 10.4 Å². The Bertz CT molecular complexity index is 792. The maximum atomic E-state index is 12.9. The molecule has 8 heteroatoms. The average Bonchev–Trinajstić information content (AvgIpc) is 2.58. The Morgan fingerprint density at radius 3 is 2.58 bits per heavy atom. The van der Waals surface area contributed by atoms with Crippen LogP contribution in [0, 0.1) is 0 Å². The second-order valence-electron chi connectivity index (χ2n) is 5.01. The van der Waals surface area contributed by atoms with Gasteiger partial charge in [-0.2, -0.15) is 0 Å². The molecular formula is C16H12Cl2N2O4. The van der Waals surface area contributed by atoms with E-state index in [9.17, 15) is 9.59 Å². The van der Waals surface area contributed by atoms with E-state index in [-0.39, 0.29) is 28.3 Å². The lowest BCUT2D eigenvalue weighted by Gasteiger charge is -2.33. The van der Waals surface area contributed by atoms with E-state index in [2.05, 4.69) is 4.98 Å². The van der Waals surface area contributed by atoms with Crippen molar-refractivity contribution < 1.29 is 19.1 Å². The fourth-order valence-electron chi connectivity index (χ4n) is 2.43. The lowest BCUT2D eigenvalue weighted by atomic mass is 10.1. The molecule has 124 valence electrons. The number of aromatic nitrogens is 1. The van der Waals surface area contributed by atoms with Gasteiger partial charge in [-0.3, -0.25) is 4.79 Å². The van der Waals surface area contributed by atoms with Gasteiger partial charge in [0.1, 0.15) is 16.1 Å². The van der Waals surface area contributed by atoms with Crippen molar-refractivity contribution >= 4 is 40.8 Å². The van der Waals surface area contributed by atoms with Crippen molar-refractivity contribution in [3.05, 3.63) is 52.3 Å². The summed E-state index contributed by atoms with van der Waals surface area (Å²) in [7, 11) is 1.26. The largest absolute Gasteiger partial charge is 0.475 e. The number of benzene rings is 1. The van der Waals surface area contributed by atoms with Crippen LogP contribution >= 0.6 is 23.2 Å². The summed E-state index contributed by atoms with van der Waals surface area (Å²) in [5, 5.41) is 0.217. The molecule has 0 fully saturated rings. The van der Waals surface area contributed by atoms with Crippen molar-refractivity contribution in [3.8, 4) is 5.75 Å². The summed E-state index contributed by atoms with van der Waals surface area (Å²) >= 11 is 11.7. The summed E-state index contributed by atoms with van der Waals surface area (Å²) in [5.41, 5.74) is 0.812. The molecule has 2 heterocycles. The summed E-state index contributed by atoms with van der Waals surface area (Å²) in [6.07, 6.45) is -0.915. The maximum Gasteiger partial charge on any atom is 0.348 e. The van der Waals surface area contributed by atoms with E-state index in [1.54, 1.807) is 24.3 Å². The van der Waals surface area contributed by atoms with Gasteiger partial charge in [0.25, 0.3) is 5.91 Å². The van der Waals surface area contributed by atoms with Crippen LogP contribution in [0.15, 0.2) is 36.4 Å². The van der Waals surface area contributed by atoms with Gasteiger partial charge in [0.15, 0.2) is 0 Å². The van der Waals surface area contributed by atoms with Gasteiger partial charge < -0.3 is 14.4 Å². The summed E-state index contributed by atoms with van der Waals surface area (Å²) < 4.78 is 10.3. The van der Waals surface area contributed by atoms with E-state index >= 15 is 0 Å². The third kappa shape index (κ3) is 3.16. The molecular weight excluding hydrogens is 355 g/mol. The molecule has 1 aromatic heterocycles. The predicted molar refractivity (Wildman–Crippen MR) is 88.8 cm³/mol. The van der Waals surface area contributed by atoms with Crippen LogP contribution < -0.4 is 9.64 Å². The number of carbonyl (C=O) groups excluding carboxylic acids is 2. The Hall–Kier alpha value is -2.31. The number of rotatable bonds is 2. The Balaban J connectivity index is 2.01. The topological polar surface area (TPSA) is 68.7 Å². The highest BCUT2D eigenvalue weighted by Crippen LogP contribution is 2.34. The highest BCUT2D eigenvalue weighted by atomic mass is 35.5. The van der Waals surface area contributed by atoms with Crippen LogP contribution in [0.25, 0.3) is 0 Å². The fraction of sp³-hybridized carbons (Fsp3) is 0.188. The molecule has 0 radical (unpaired) electrons. The number of nitrogens with zero attached hydrogens (tertiary/aromatic N) is 2. The Labute approximate surface area is 147 Å². The molecule has 1 amide bonds. The number of halogens is 2. The first-order valence-electron chi connectivity index (χ1n) is 6.98. The third-order valence-corrected chi connectivity index (χ3v) is 3.88. The van der Waals surface area contributed by atoms with Gasteiger partial charge in [-0.25, -0.2) is 9.78 Å². The number of amides is 1. The van der Waals surface area contributed by atoms with Crippen molar-refractivity contribution in [1.29, 1.82) is 0 Å². The van der Waals surface area contributed by atoms with E-state index in [1.807, 2.05) is 0 Å². The molecule has 3 rings (SSSR count). The zero-order valence-electron chi connectivity index (χ0n) is 12.5. The summed E-state index contributed by atoms with van der Waals surface area (Å²) in [6.45, 7) is 0.0140. The molecule has 0 spiro atoms. The highest BCUT2D eigenvalue weighted by molar-refractivity contribution is 6.33. The highest BCUT2D eigenvalue weighted by Gasteiger charge is 2.35. The van der Waals surface area contributed by atoms with Crippen molar-refractivity contribution in [1.82, 2.24) is 4.98 Å². The number of anilines is 1. The second kappa shape index (κ2) is 6.67. The number of hydrogen-bond donors (Lipinski definition) is 0. The zero-order valence-corrected chi connectivity index (χ0v) is 14.0. The minimum absolute atomic E-state index is 0.0140. The number of methoxy groups -OCH3 is 1. The second-order valence-corrected chi connectivity index (χ2v) is 5.79.